The van der Waals surface area contributed by atoms with E-state index < -0.39 is 0 Å². The van der Waals surface area contributed by atoms with Crippen molar-refractivity contribution in [3.05, 3.63) is 0 Å². The Morgan fingerprint density at radius 1 is 1.14 bits per heavy atom. The number of hydrogen-bond donors (Lipinski definition) is 1. The first-order chi connectivity index (χ1) is 6.27. The molecule has 0 aromatic heterocycles. The van der Waals surface area contributed by atoms with E-state index in [-0.39, 0.29) is 5.54 Å². The molecule has 0 aromatic carbocycles. The lowest BCUT2D eigenvalue weighted by molar-refractivity contribution is 0.143. The highest BCUT2D eigenvalue weighted by Crippen LogP contribution is 2.58. The van der Waals surface area contributed by atoms with Crippen molar-refractivity contribution in [3.8, 4) is 0 Å². The summed E-state index contributed by atoms with van der Waals surface area (Å²) in [6.07, 6.45) is 6.64. The molecule has 82 valence electrons. The predicted octanol–water partition coefficient (Wildman–Crippen LogP) is 3.33. The van der Waals surface area contributed by atoms with Gasteiger partial charge in [-0.05, 0) is 48.9 Å². The van der Waals surface area contributed by atoms with Gasteiger partial charge in [0.2, 0.25) is 0 Å². The Morgan fingerprint density at radius 3 is 2.07 bits per heavy atom. The Balaban J connectivity index is 2.09. The smallest absolute Gasteiger partial charge is 0.0210 e. The third-order valence-corrected chi connectivity index (χ3v) is 5.06. The van der Waals surface area contributed by atoms with Crippen molar-refractivity contribution in [1.82, 2.24) is 0 Å². The second kappa shape index (κ2) is 2.75. The zero-order chi connectivity index (χ0) is 10.6. The molecular formula is C13H25N. The molecule has 0 heterocycles. The van der Waals surface area contributed by atoms with Crippen LogP contribution in [0.4, 0.5) is 0 Å². The van der Waals surface area contributed by atoms with E-state index in [1.165, 1.54) is 32.1 Å². The van der Waals surface area contributed by atoms with Crippen LogP contribution in [-0.2, 0) is 0 Å². The number of nitrogens with two attached hydrogens (primary N) is 1. The van der Waals surface area contributed by atoms with Crippen molar-refractivity contribution in [2.75, 3.05) is 0 Å². The molecule has 2 aliphatic rings. The summed E-state index contributed by atoms with van der Waals surface area (Å²) < 4.78 is 0. The van der Waals surface area contributed by atoms with Crippen LogP contribution in [0.1, 0.15) is 59.8 Å². The lowest BCUT2D eigenvalue weighted by Crippen LogP contribution is -2.44. The first-order valence-corrected chi connectivity index (χ1v) is 6.06. The fraction of sp³-hybridized carbons (Fsp3) is 1.00. The first kappa shape index (κ1) is 10.5. The zero-order valence-electron chi connectivity index (χ0n) is 10.2. The van der Waals surface area contributed by atoms with Gasteiger partial charge in [-0.2, -0.15) is 0 Å². The van der Waals surface area contributed by atoms with E-state index >= 15 is 0 Å². The third kappa shape index (κ3) is 1.50. The van der Waals surface area contributed by atoms with Crippen LogP contribution in [0.15, 0.2) is 0 Å². The minimum atomic E-state index is 0.179. The van der Waals surface area contributed by atoms with Crippen molar-refractivity contribution in [3.63, 3.8) is 0 Å². The van der Waals surface area contributed by atoms with Crippen LogP contribution in [-0.4, -0.2) is 5.54 Å². The molecule has 1 nitrogen and oxygen atoms in total. The van der Waals surface area contributed by atoms with Gasteiger partial charge in [0.05, 0.1) is 0 Å². The summed E-state index contributed by atoms with van der Waals surface area (Å²) in [6, 6.07) is 0. The summed E-state index contributed by atoms with van der Waals surface area (Å²) in [7, 11) is 0. The zero-order valence-corrected chi connectivity index (χ0v) is 10.2. The summed E-state index contributed by atoms with van der Waals surface area (Å²) in [5.41, 5.74) is 7.50. The van der Waals surface area contributed by atoms with Crippen LogP contribution in [0, 0.1) is 16.7 Å². The fourth-order valence-corrected chi connectivity index (χ4v) is 3.24. The average Bonchev–Trinajstić information content (AvgIpc) is 2.68. The van der Waals surface area contributed by atoms with E-state index in [2.05, 4.69) is 27.7 Å². The van der Waals surface area contributed by atoms with Gasteiger partial charge < -0.3 is 5.73 Å². The van der Waals surface area contributed by atoms with Gasteiger partial charge in [0.25, 0.3) is 0 Å². The molecule has 0 aliphatic heterocycles. The highest BCUT2D eigenvalue weighted by molar-refractivity contribution is 5.12. The third-order valence-electron chi connectivity index (χ3n) is 5.06. The molecule has 1 unspecified atom stereocenters. The quantitative estimate of drug-likeness (QED) is 0.718. The van der Waals surface area contributed by atoms with Crippen molar-refractivity contribution in [2.45, 2.75) is 65.3 Å². The van der Waals surface area contributed by atoms with Crippen molar-refractivity contribution < 1.29 is 0 Å². The molecule has 2 N–H and O–H groups in total. The van der Waals surface area contributed by atoms with Gasteiger partial charge in [0.15, 0.2) is 0 Å². The molecular weight excluding hydrogens is 170 g/mol. The number of hydrogen-bond acceptors (Lipinski definition) is 1. The van der Waals surface area contributed by atoms with Crippen LogP contribution < -0.4 is 5.73 Å². The van der Waals surface area contributed by atoms with Gasteiger partial charge in [0.1, 0.15) is 0 Å². The standard InChI is InChI=1S/C13H25N/c1-11(2)6-5-10(9-11)12(3,4)13(14)7-8-13/h10H,5-9,14H2,1-4H3. The lowest BCUT2D eigenvalue weighted by atomic mass is 9.69. The maximum absolute atomic E-state index is 6.39. The van der Waals surface area contributed by atoms with E-state index in [9.17, 15) is 0 Å². The molecule has 14 heavy (non-hydrogen) atoms. The minimum Gasteiger partial charge on any atom is -0.325 e. The molecule has 0 spiro atoms. The highest BCUT2D eigenvalue weighted by Gasteiger charge is 2.56. The van der Waals surface area contributed by atoms with Gasteiger partial charge >= 0.3 is 0 Å². The average molecular weight is 195 g/mol. The summed E-state index contributed by atoms with van der Waals surface area (Å²) in [4.78, 5) is 0. The van der Waals surface area contributed by atoms with Crippen molar-refractivity contribution in [2.24, 2.45) is 22.5 Å². The van der Waals surface area contributed by atoms with E-state index in [1.807, 2.05) is 0 Å². The molecule has 0 saturated heterocycles. The second-order valence-electron chi connectivity index (χ2n) is 6.98. The summed E-state index contributed by atoms with van der Waals surface area (Å²) in [6.45, 7) is 9.59. The molecule has 2 fully saturated rings. The summed E-state index contributed by atoms with van der Waals surface area (Å²) in [5.74, 6) is 0.852. The normalized spacial score (nSPS) is 34.5. The molecule has 0 radical (unpaired) electrons. The second-order valence-corrected chi connectivity index (χ2v) is 6.98. The Morgan fingerprint density at radius 2 is 1.71 bits per heavy atom. The van der Waals surface area contributed by atoms with Crippen LogP contribution >= 0.6 is 0 Å². The summed E-state index contributed by atoms with van der Waals surface area (Å²) >= 11 is 0. The highest BCUT2D eigenvalue weighted by atomic mass is 14.9. The van der Waals surface area contributed by atoms with Gasteiger partial charge in [-0.1, -0.05) is 27.7 Å². The molecule has 1 atom stereocenters. The summed E-state index contributed by atoms with van der Waals surface area (Å²) in [5, 5.41) is 0. The Bertz CT molecular complexity index is 236. The van der Waals surface area contributed by atoms with E-state index in [4.69, 9.17) is 5.73 Å². The fourth-order valence-electron chi connectivity index (χ4n) is 3.24. The monoisotopic (exact) mass is 195 g/mol. The SMILES string of the molecule is CC1(C)CCC(C(C)(C)C2(N)CC2)C1. The van der Waals surface area contributed by atoms with Gasteiger partial charge in [-0.3, -0.25) is 0 Å². The molecule has 0 bridgehead atoms. The van der Waals surface area contributed by atoms with Crippen molar-refractivity contribution in [1.29, 1.82) is 0 Å². The van der Waals surface area contributed by atoms with Gasteiger partial charge in [0, 0.05) is 5.54 Å². The van der Waals surface area contributed by atoms with Crippen LogP contribution in [0.5, 0.6) is 0 Å². The molecule has 2 aliphatic carbocycles. The minimum absolute atomic E-state index is 0.179. The maximum atomic E-state index is 6.39. The van der Waals surface area contributed by atoms with Crippen molar-refractivity contribution >= 4 is 0 Å². The largest absolute Gasteiger partial charge is 0.325 e. The molecule has 2 saturated carbocycles. The maximum Gasteiger partial charge on any atom is 0.0210 e. The van der Waals surface area contributed by atoms with E-state index in [0.29, 0.717) is 10.8 Å². The Labute approximate surface area is 88.4 Å². The van der Waals surface area contributed by atoms with Crippen LogP contribution in [0.2, 0.25) is 0 Å². The Hall–Kier alpha value is -0.0400. The van der Waals surface area contributed by atoms with Crippen LogP contribution in [0.3, 0.4) is 0 Å². The molecule has 0 aromatic rings. The van der Waals surface area contributed by atoms with E-state index in [0.717, 1.165) is 5.92 Å². The van der Waals surface area contributed by atoms with Gasteiger partial charge in [-0.25, -0.2) is 0 Å². The topological polar surface area (TPSA) is 26.0 Å². The number of rotatable bonds is 2. The molecule has 2 rings (SSSR count). The Kier molecular flexibility index (Phi) is 2.06. The van der Waals surface area contributed by atoms with E-state index in [1.54, 1.807) is 0 Å². The molecule has 1 heteroatoms. The van der Waals surface area contributed by atoms with Crippen LogP contribution in [0.25, 0.3) is 0 Å². The first-order valence-electron chi connectivity index (χ1n) is 6.06. The predicted molar refractivity (Wildman–Crippen MR) is 61.1 cm³/mol. The molecule has 0 amide bonds. The lowest BCUT2D eigenvalue weighted by Gasteiger charge is -2.38. The van der Waals surface area contributed by atoms with Gasteiger partial charge in [-0.15, -0.1) is 0 Å².